The van der Waals surface area contributed by atoms with Crippen molar-refractivity contribution in [3.63, 3.8) is 0 Å². The SMILES string of the molecule is C.C.Clc1ccc2c(c1)Cc1cc3ccccc3cc1-2.Clc1ccc2c3cc4ccccc4cc3n(-c3nc(-c4ccccc4)nc(-c4ccc5ccccc5c4)n3)c2c1.Clc1ccc2c3cc4ccccc4cc3n(-c3nc(-c4ccccc4)nc(-c4ccc5ccccc5c4)n3)c2c1.Clc1nc(-c2ccccc2)nc(-c2ccc3ccccc3c2)n1.c1ccc2c(c1)Cc1cc3ccccc3cc1-2. The van der Waals surface area contributed by atoms with Crippen LogP contribution in [0.25, 0.3) is 221 Å². The fourth-order valence-corrected chi connectivity index (χ4v) is 20.0. The van der Waals surface area contributed by atoms with E-state index in [2.05, 4.69) is 303 Å². The molecule has 0 saturated carbocycles. The Hall–Kier alpha value is -16.8. The van der Waals surface area contributed by atoms with Crippen molar-refractivity contribution in [1.82, 2.24) is 54.0 Å². The summed E-state index contributed by atoms with van der Waals surface area (Å²) in [5.41, 5.74) is 20.7. The van der Waals surface area contributed by atoms with Crippen molar-refractivity contribution >= 4 is 165 Å². The van der Waals surface area contributed by atoms with Gasteiger partial charge in [-0.3, -0.25) is 9.13 Å². The molecule has 5 aromatic heterocycles. The summed E-state index contributed by atoms with van der Waals surface area (Å²) in [6.45, 7) is 0. The third-order valence-electron chi connectivity index (χ3n) is 25.9. The monoisotopic (exact) mass is 1880 g/mol. The van der Waals surface area contributed by atoms with Crippen LogP contribution in [0.4, 0.5) is 0 Å². The van der Waals surface area contributed by atoms with E-state index in [-0.39, 0.29) is 20.1 Å². The molecule has 2 aliphatic carbocycles. The van der Waals surface area contributed by atoms with Gasteiger partial charge >= 0.3 is 0 Å². The van der Waals surface area contributed by atoms with E-state index in [0.29, 0.717) is 56.9 Å². The summed E-state index contributed by atoms with van der Waals surface area (Å²) in [6.07, 6.45) is 2.08. The van der Waals surface area contributed by atoms with Crippen LogP contribution in [-0.4, -0.2) is 54.0 Å². The zero-order valence-corrected chi connectivity index (χ0v) is 77.0. The van der Waals surface area contributed by atoms with Gasteiger partial charge in [-0.25, -0.2) is 15.0 Å². The number of rotatable bonds is 8. The molecule has 0 spiro atoms. The Labute approximate surface area is 828 Å². The first kappa shape index (κ1) is 88.5. The molecule has 140 heavy (non-hydrogen) atoms. The molecule has 0 radical (unpaired) electrons. The summed E-state index contributed by atoms with van der Waals surface area (Å²) < 4.78 is 4.23. The smallest absolute Gasteiger partial charge is 0.238 e. The van der Waals surface area contributed by atoms with Crippen LogP contribution in [0.15, 0.2) is 443 Å². The standard InChI is InChI=1S/2C35H21ClN4.C19H12ClN3.C17H11Cl.C17H12.2CH4/c2*36-28-16-17-29-30-19-25-12-6-7-13-26(25)20-31(30)40(32(29)21-28)35-38-33(23-9-2-1-3-10-23)37-34(39-35)27-15-14-22-8-4-5-11-24(22)18-27;20-19-22-17(14-7-2-1-3-8-14)21-18(23-19)16-11-10-13-6-4-5-9-15(13)12-16;18-15-5-6-16-14(9-15)8-13-7-11-3-1-2-4-12(11)10-17(13)16;1-2-6-13-11-17-15(9-12(13)5-1)10-14-7-3-4-8-16(14)17;;/h2*1-21H;1-12H;1-7,9-10H,8H2;1-9,11H,10H2;2*1H4. The maximum absolute atomic E-state index is 6.55. The summed E-state index contributed by atoms with van der Waals surface area (Å²) in [5.74, 6) is 4.73. The van der Waals surface area contributed by atoms with Crippen LogP contribution in [-0.2, 0) is 12.8 Å². The Kier molecular flexibility index (Phi) is 24.1. The van der Waals surface area contributed by atoms with E-state index in [1.165, 1.54) is 93.0 Å². The van der Waals surface area contributed by atoms with Crippen molar-refractivity contribution in [2.75, 3.05) is 0 Å². The van der Waals surface area contributed by atoms with Crippen LogP contribution in [0.3, 0.4) is 0 Å². The molecule has 11 nitrogen and oxygen atoms in total. The van der Waals surface area contributed by atoms with Gasteiger partial charge in [0, 0.05) is 70.0 Å². The van der Waals surface area contributed by atoms with Crippen LogP contribution >= 0.6 is 46.4 Å². The molecule has 0 bridgehead atoms. The number of nitrogens with zero attached hydrogens (tertiary/aromatic N) is 11. The first-order valence-corrected chi connectivity index (χ1v) is 47.2. The zero-order chi connectivity index (χ0) is 92.3. The number of aromatic nitrogens is 11. The van der Waals surface area contributed by atoms with Gasteiger partial charge in [0.25, 0.3) is 0 Å². The van der Waals surface area contributed by atoms with Crippen LogP contribution < -0.4 is 0 Å². The topological polar surface area (TPSA) is 126 Å². The highest BCUT2D eigenvalue weighted by Crippen LogP contribution is 2.44. The summed E-state index contributed by atoms with van der Waals surface area (Å²) in [6, 6.07) is 152. The predicted octanol–water partition coefficient (Wildman–Crippen LogP) is 34.3. The average Bonchev–Trinajstić information content (AvgIpc) is 1.57. The van der Waals surface area contributed by atoms with E-state index >= 15 is 0 Å². The van der Waals surface area contributed by atoms with Crippen molar-refractivity contribution in [2.45, 2.75) is 27.7 Å². The molecule has 15 heteroatoms. The number of fused-ring (bicyclic) bond motifs is 19. The highest BCUT2D eigenvalue weighted by molar-refractivity contribution is 6.33. The minimum Gasteiger partial charge on any atom is -0.278 e. The Morgan fingerprint density at radius 1 is 0.171 bits per heavy atom. The minimum atomic E-state index is 0. The lowest BCUT2D eigenvalue weighted by molar-refractivity contribution is 0.953. The molecular weight excluding hydrogens is 1800 g/mol. The molecular formula is C125H85Cl4N11. The van der Waals surface area contributed by atoms with Crippen molar-refractivity contribution in [3.8, 4) is 102 Å². The second-order valence-electron chi connectivity index (χ2n) is 34.6. The molecule has 5 heterocycles. The van der Waals surface area contributed by atoms with Gasteiger partial charge in [0.2, 0.25) is 17.2 Å². The molecule has 26 aromatic rings. The minimum absolute atomic E-state index is 0. The fourth-order valence-electron chi connectivity index (χ4n) is 19.3. The lowest BCUT2D eigenvalue weighted by Crippen LogP contribution is -2.06. The Balaban J connectivity index is 0.000000105. The maximum atomic E-state index is 6.55. The molecule has 0 fully saturated rings. The molecule has 0 atom stereocenters. The predicted molar refractivity (Wildman–Crippen MR) is 586 cm³/mol. The van der Waals surface area contributed by atoms with Gasteiger partial charge in [0.05, 0.1) is 22.1 Å². The fraction of sp³-hybridized carbons (Fsp3) is 0.0320. The van der Waals surface area contributed by atoms with Gasteiger partial charge in [-0.1, -0.05) is 402 Å². The van der Waals surface area contributed by atoms with E-state index < -0.39 is 0 Å². The third kappa shape index (κ3) is 17.4. The van der Waals surface area contributed by atoms with Crippen LogP contribution in [0.5, 0.6) is 0 Å². The van der Waals surface area contributed by atoms with E-state index in [1.807, 2.05) is 164 Å². The molecule has 21 aromatic carbocycles. The Morgan fingerprint density at radius 2 is 0.443 bits per heavy atom. The van der Waals surface area contributed by atoms with Gasteiger partial charge in [0.1, 0.15) is 0 Å². The van der Waals surface area contributed by atoms with Gasteiger partial charge in [0.15, 0.2) is 34.9 Å². The Morgan fingerprint density at radius 3 is 0.836 bits per heavy atom. The largest absolute Gasteiger partial charge is 0.278 e. The zero-order valence-electron chi connectivity index (χ0n) is 74.0. The number of hydrogen-bond acceptors (Lipinski definition) is 9. The number of halogens is 4. The first-order valence-electron chi connectivity index (χ1n) is 45.7. The summed E-state index contributed by atoms with van der Waals surface area (Å²) >= 11 is 25.3. The molecule has 668 valence electrons. The second kappa shape index (κ2) is 38.1. The number of benzene rings is 21. The third-order valence-corrected chi connectivity index (χ3v) is 26.8. The van der Waals surface area contributed by atoms with E-state index in [9.17, 15) is 0 Å². The van der Waals surface area contributed by atoms with Crippen LogP contribution in [0.2, 0.25) is 20.4 Å². The molecule has 2 aliphatic rings. The van der Waals surface area contributed by atoms with Crippen molar-refractivity contribution < 1.29 is 0 Å². The van der Waals surface area contributed by atoms with Gasteiger partial charge in [-0.15, -0.1) is 0 Å². The second-order valence-corrected chi connectivity index (χ2v) is 36.2. The van der Waals surface area contributed by atoms with Gasteiger partial charge in [-0.2, -0.15) is 29.9 Å². The van der Waals surface area contributed by atoms with Crippen molar-refractivity contribution in [3.05, 3.63) is 485 Å². The quantitative estimate of drug-likeness (QED) is 0.146. The van der Waals surface area contributed by atoms with Crippen LogP contribution in [0.1, 0.15) is 37.1 Å². The van der Waals surface area contributed by atoms with Crippen molar-refractivity contribution in [1.29, 1.82) is 0 Å². The summed E-state index contributed by atoms with van der Waals surface area (Å²) in [7, 11) is 0. The normalized spacial score (nSPS) is 11.5. The molecule has 0 N–H and O–H groups in total. The summed E-state index contributed by atoms with van der Waals surface area (Å²) in [4.78, 5) is 43.3. The van der Waals surface area contributed by atoms with Crippen LogP contribution in [0, 0.1) is 0 Å². The van der Waals surface area contributed by atoms with E-state index in [4.69, 9.17) is 76.3 Å². The number of hydrogen-bond donors (Lipinski definition) is 0. The lowest BCUT2D eigenvalue weighted by Gasteiger charge is -2.11. The van der Waals surface area contributed by atoms with E-state index in [1.54, 1.807) is 0 Å². The average molecular weight is 1880 g/mol. The lowest BCUT2D eigenvalue weighted by atomic mass is 10.0. The molecule has 0 saturated heterocycles. The molecule has 0 unspecified atom stereocenters. The van der Waals surface area contributed by atoms with Gasteiger partial charge < -0.3 is 0 Å². The molecule has 0 aliphatic heterocycles. The first-order chi connectivity index (χ1) is 67.9. The van der Waals surface area contributed by atoms with Crippen molar-refractivity contribution in [2.24, 2.45) is 0 Å². The Bertz CT molecular complexity index is 8990. The highest BCUT2D eigenvalue weighted by atomic mass is 35.5. The molecule has 0 amide bonds. The summed E-state index contributed by atoms with van der Waals surface area (Å²) in [5, 5.41) is 23.7. The molecule has 28 rings (SSSR count). The van der Waals surface area contributed by atoms with Gasteiger partial charge in [-0.05, 0) is 235 Å². The van der Waals surface area contributed by atoms with E-state index in [0.717, 1.165) is 122 Å². The highest BCUT2D eigenvalue weighted by Gasteiger charge is 2.25. The maximum Gasteiger partial charge on any atom is 0.238 e.